The minimum atomic E-state index is -0.382. The van der Waals surface area contributed by atoms with Gasteiger partial charge < -0.3 is 14.6 Å². The van der Waals surface area contributed by atoms with Gasteiger partial charge in [0.05, 0.1) is 24.0 Å². The molecule has 0 aliphatic carbocycles. The van der Waals surface area contributed by atoms with Gasteiger partial charge in [0.1, 0.15) is 11.6 Å². The topological polar surface area (TPSA) is 69.0 Å². The lowest BCUT2D eigenvalue weighted by Gasteiger charge is -2.18. The number of ether oxygens (including phenoxy) is 1. The highest BCUT2D eigenvalue weighted by Crippen LogP contribution is 2.32. The van der Waals surface area contributed by atoms with E-state index in [1.54, 1.807) is 19.2 Å². The molecule has 30 heavy (non-hydrogen) atoms. The van der Waals surface area contributed by atoms with Crippen molar-refractivity contribution in [2.75, 3.05) is 7.11 Å². The quantitative estimate of drug-likeness (QED) is 0.536. The lowest BCUT2D eigenvalue weighted by Crippen LogP contribution is -2.33. The molecular formula is C22H25FN4O2S. The summed E-state index contributed by atoms with van der Waals surface area (Å²) in [4.78, 5) is 12.7. The Hall–Kier alpha value is -2.87. The summed E-state index contributed by atoms with van der Waals surface area (Å²) in [7, 11) is 1.62. The summed E-state index contributed by atoms with van der Waals surface area (Å²) in [6.45, 7) is 6.36. The van der Waals surface area contributed by atoms with Gasteiger partial charge in [0.25, 0.3) is 0 Å². The fraction of sp³-hybridized carbons (Fsp3) is 0.318. The minimum absolute atomic E-state index is 0.124. The Morgan fingerprint density at radius 2 is 1.87 bits per heavy atom. The second-order valence-corrected chi connectivity index (χ2v) is 8.10. The van der Waals surface area contributed by atoms with Crippen molar-refractivity contribution >= 4 is 17.7 Å². The van der Waals surface area contributed by atoms with Crippen molar-refractivity contribution in [2.24, 2.45) is 0 Å². The maximum atomic E-state index is 13.1. The van der Waals surface area contributed by atoms with E-state index in [-0.39, 0.29) is 23.0 Å². The van der Waals surface area contributed by atoms with Crippen LogP contribution < -0.4 is 10.1 Å². The van der Waals surface area contributed by atoms with Crippen LogP contribution in [0.25, 0.3) is 11.4 Å². The molecule has 1 amide bonds. The summed E-state index contributed by atoms with van der Waals surface area (Å²) in [5.74, 6) is 0.993. The van der Waals surface area contributed by atoms with E-state index in [0.29, 0.717) is 17.5 Å². The van der Waals surface area contributed by atoms with Gasteiger partial charge in [-0.3, -0.25) is 4.79 Å². The third-order valence-electron chi connectivity index (χ3n) is 4.76. The van der Waals surface area contributed by atoms with Crippen molar-refractivity contribution in [1.29, 1.82) is 0 Å². The van der Waals surface area contributed by atoms with E-state index in [2.05, 4.69) is 15.5 Å². The standard InChI is InChI=1S/C22H25FN4O2S/c1-5-27-20(18-8-6-7-9-19(18)29-4)25-26-22(27)30-15(3)21(28)24-14(2)16-10-12-17(23)13-11-16/h6-15H,5H2,1-4H3,(H,24,28)/t14-,15-/m0/s1. The number of amides is 1. The third kappa shape index (κ3) is 4.81. The molecule has 1 aromatic heterocycles. The van der Waals surface area contributed by atoms with E-state index >= 15 is 0 Å². The number of methoxy groups -OCH3 is 1. The Morgan fingerprint density at radius 3 is 2.53 bits per heavy atom. The molecule has 6 nitrogen and oxygen atoms in total. The van der Waals surface area contributed by atoms with Crippen LogP contribution in [0.5, 0.6) is 5.75 Å². The average molecular weight is 429 g/mol. The molecular weight excluding hydrogens is 403 g/mol. The average Bonchev–Trinajstić information content (AvgIpc) is 3.16. The molecule has 0 radical (unpaired) electrons. The Kier molecular flexibility index (Phi) is 7.10. The number of carbonyl (C=O) groups excluding carboxylic acids is 1. The summed E-state index contributed by atoms with van der Waals surface area (Å²) in [5.41, 5.74) is 1.69. The van der Waals surface area contributed by atoms with E-state index in [9.17, 15) is 9.18 Å². The zero-order valence-corrected chi connectivity index (χ0v) is 18.2. The van der Waals surface area contributed by atoms with Crippen molar-refractivity contribution in [3.63, 3.8) is 0 Å². The fourth-order valence-corrected chi connectivity index (χ4v) is 3.99. The number of nitrogens with one attached hydrogen (secondary N) is 1. The predicted octanol–water partition coefficient (Wildman–Crippen LogP) is 4.47. The molecule has 2 aromatic carbocycles. The Morgan fingerprint density at radius 1 is 1.17 bits per heavy atom. The summed E-state index contributed by atoms with van der Waals surface area (Å²) >= 11 is 1.35. The normalized spacial score (nSPS) is 13.0. The number of nitrogens with zero attached hydrogens (tertiary/aromatic N) is 3. The van der Waals surface area contributed by atoms with Crippen LogP contribution in [0.4, 0.5) is 4.39 Å². The lowest BCUT2D eigenvalue weighted by atomic mass is 10.1. The molecule has 0 aliphatic heterocycles. The van der Waals surface area contributed by atoms with Gasteiger partial charge in [-0.25, -0.2) is 4.39 Å². The number of halogens is 1. The van der Waals surface area contributed by atoms with Crippen LogP contribution >= 0.6 is 11.8 Å². The van der Waals surface area contributed by atoms with Gasteiger partial charge in [0.2, 0.25) is 5.91 Å². The highest BCUT2D eigenvalue weighted by molar-refractivity contribution is 8.00. The van der Waals surface area contributed by atoms with Crippen LogP contribution in [0.1, 0.15) is 32.4 Å². The van der Waals surface area contributed by atoms with Crippen LogP contribution in [0.15, 0.2) is 53.7 Å². The maximum Gasteiger partial charge on any atom is 0.233 e. The van der Waals surface area contributed by atoms with E-state index < -0.39 is 0 Å². The first-order valence-electron chi connectivity index (χ1n) is 9.73. The summed E-state index contributed by atoms with van der Waals surface area (Å²) in [6.07, 6.45) is 0. The second-order valence-electron chi connectivity index (χ2n) is 6.79. The van der Waals surface area contributed by atoms with Gasteiger partial charge in [0, 0.05) is 6.54 Å². The third-order valence-corrected chi connectivity index (χ3v) is 5.84. The lowest BCUT2D eigenvalue weighted by molar-refractivity contribution is -0.120. The SMILES string of the molecule is CCn1c(S[C@@H](C)C(=O)N[C@@H](C)c2ccc(F)cc2)nnc1-c1ccccc1OC. The number of carbonyl (C=O) groups is 1. The molecule has 8 heteroatoms. The monoisotopic (exact) mass is 428 g/mol. The van der Waals surface area contributed by atoms with E-state index in [4.69, 9.17) is 4.74 Å². The first-order chi connectivity index (χ1) is 14.4. The van der Waals surface area contributed by atoms with Gasteiger partial charge in [-0.1, -0.05) is 36.0 Å². The number of benzene rings is 2. The van der Waals surface area contributed by atoms with Gasteiger partial charge in [-0.15, -0.1) is 10.2 Å². The first kappa shape index (κ1) is 21.8. The van der Waals surface area contributed by atoms with Crippen LogP contribution in [0.3, 0.4) is 0 Å². The highest BCUT2D eigenvalue weighted by atomic mass is 32.2. The highest BCUT2D eigenvalue weighted by Gasteiger charge is 2.22. The Balaban J connectivity index is 1.73. The molecule has 3 aromatic rings. The number of aromatic nitrogens is 3. The van der Waals surface area contributed by atoms with Gasteiger partial charge in [-0.2, -0.15) is 0 Å². The molecule has 3 rings (SSSR count). The molecule has 158 valence electrons. The molecule has 0 unspecified atom stereocenters. The number of hydrogen-bond donors (Lipinski definition) is 1. The Bertz CT molecular complexity index is 1010. The second kappa shape index (κ2) is 9.75. The van der Waals surface area contributed by atoms with E-state index in [1.165, 1.54) is 23.9 Å². The van der Waals surface area contributed by atoms with Crippen LogP contribution in [-0.4, -0.2) is 33.0 Å². The molecule has 1 heterocycles. The molecule has 0 bridgehead atoms. The van der Waals surface area contributed by atoms with Gasteiger partial charge >= 0.3 is 0 Å². The molecule has 0 spiro atoms. The molecule has 1 N–H and O–H groups in total. The fourth-order valence-electron chi connectivity index (χ4n) is 3.07. The van der Waals surface area contributed by atoms with E-state index in [0.717, 1.165) is 16.9 Å². The predicted molar refractivity (Wildman–Crippen MR) is 116 cm³/mol. The Labute approximate surface area is 179 Å². The largest absolute Gasteiger partial charge is 0.496 e. The summed E-state index contributed by atoms with van der Waals surface area (Å²) < 4.78 is 20.5. The number of hydrogen-bond acceptors (Lipinski definition) is 5. The molecule has 0 aliphatic rings. The molecule has 0 fully saturated rings. The maximum absolute atomic E-state index is 13.1. The van der Waals surface area contributed by atoms with Crippen LogP contribution in [0, 0.1) is 5.82 Å². The van der Waals surface area contributed by atoms with Crippen molar-refractivity contribution < 1.29 is 13.9 Å². The number of para-hydroxylation sites is 1. The van der Waals surface area contributed by atoms with Crippen LogP contribution in [0.2, 0.25) is 0 Å². The molecule has 0 saturated carbocycles. The summed E-state index contributed by atoms with van der Waals surface area (Å²) in [5, 5.41) is 11.9. The van der Waals surface area contributed by atoms with Crippen molar-refractivity contribution in [3.8, 4) is 17.1 Å². The number of rotatable bonds is 8. The van der Waals surface area contributed by atoms with E-state index in [1.807, 2.05) is 49.6 Å². The first-order valence-corrected chi connectivity index (χ1v) is 10.6. The van der Waals surface area contributed by atoms with Crippen molar-refractivity contribution in [3.05, 3.63) is 59.9 Å². The van der Waals surface area contributed by atoms with Crippen molar-refractivity contribution in [2.45, 2.75) is 43.8 Å². The zero-order chi connectivity index (χ0) is 21.7. The summed E-state index contributed by atoms with van der Waals surface area (Å²) in [6, 6.07) is 13.5. The minimum Gasteiger partial charge on any atom is -0.496 e. The zero-order valence-electron chi connectivity index (χ0n) is 17.4. The van der Waals surface area contributed by atoms with Gasteiger partial charge in [0.15, 0.2) is 11.0 Å². The smallest absolute Gasteiger partial charge is 0.233 e. The molecule has 2 atom stereocenters. The van der Waals surface area contributed by atoms with Crippen LogP contribution in [-0.2, 0) is 11.3 Å². The molecule has 0 saturated heterocycles. The van der Waals surface area contributed by atoms with Crippen molar-refractivity contribution in [1.82, 2.24) is 20.1 Å². The number of thioether (sulfide) groups is 1. The van der Waals surface area contributed by atoms with Gasteiger partial charge in [-0.05, 0) is 50.6 Å².